The topological polar surface area (TPSA) is 30.2 Å². The summed E-state index contributed by atoms with van der Waals surface area (Å²) in [4.78, 5) is 5.33. The number of nitrogens with zero attached hydrogens (tertiary/aromatic N) is 3. The number of benzene rings is 2. The van der Waals surface area contributed by atoms with Gasteiger partial charge in [-0.15, -0.1) is 0 Å². The molecule has 4 aromatic rings. The van der Waals surface area contributed by atoms with E-state index >= 15 is 0 Å². The first-order chi connectivity index (χ1) is 10.7. The van der Waals surface area contributed by atoms with Crippen LogP contribution in [0.2, 0.25) is 0 Å². The Balaban J connectivity index is 1.80. The van der Waals surface area contributed by atoms with Crippen molar-refractivity contribution in [1.29, 1.82) is 0 Å². The van der Waals surface area contributed by atoms with Crippen LogP contribution < -0.4 is 0 Å². The van der Waals surface area contributed by atoms with Crippen LogP contribution in [0.5, 0.6) is 0 Å². The van der Waals surface area contributed by atoms with Gasteiger partial charge in [-0.3, -0.25) is 0 Å². The van der Waals surface area contributed by atoms with Crippen LogP contribution in [0.3, 0.4) is 0 Å². The molecule has 0 saturated carbocycles. The van der Waals surface area contributed by atoms with Gasteiger partial charge < -0.3 is 0 Å². The minimum Gasteiger partial charge on any atom is -0.225 e. The fourth-order valence-corrected chi connectivity index (χ4v) is 3.29. The van der Waals surface area contributed by atoms with Crippen LogP contribution in [0.1, 0.15) is 11.1 Å². The lowest BCUT2D eigenvalue weighted by molar-refractivity contribution is 0.979. The van der Waals surface area contributed by atoms with E-state index in [1.165, 1.54) is 27.8 Å². The molecule has 0 bridgehead atoms. The van der Waals surface area contributed by atoms with Crippen molar-refractivity contribution < 1.29 is 0 Å². The van der Waals surface area contributed by atoms with Crippen molar-refractivity contribution in [1.82, 2.24) is 14.6 Å². The van der Waals surface area contributed by atoms with Gasteiger partial charge in [-0.1, -0.05) is 59.4 Å². The fraction of sp³-hybridized carbons (Fsp3) is 0.111. The number of hydrogen-bond donors (Lipinski definition) is 0. The van der Waals surface area contributed by atoms with Gasteiger partial charge in [0.25, 0.3) is 0 Å². The third kappa shape index (κ3) is 2.12. The standard InChI is InChI=1S/C18H15N3S/c1-12-3-5-14(6-4-12)15-7-8-16(13(2)9-15)17-10-19-18-21(17)20-11-22-18/h3-11H,1-2H3. The van der Waals surface area contributed by atoms with Crippen molar-refractivity contribution in [3.63, 3.8) is 0 Å². The Labute approximate surface area is 132 Å². The molecule has 22 heavy (non-hydrogen) atoms. The molecule has 0 saturated heterocycles. The van der Waals surface area contributed by atoms with Gasteiger partial charge in [0.1, 0.15) is 5.51 Å². The highest BCUT2D eigenvalue weighted by Gasteiger charge is 2.11. The summed E-state index contributed by atoms with van der Waals surface area (Å²) in [5, 5.41) is 4.36. The first-order valence-corrected chi connectivity index (χ1v) is 8.05. The van der Waals surface area contributed by atoms with E-state index in [4.69, 9.17) is 0 Å². The van der Waals surface area contributed by atoms with E-state index in [2.05, 4.69) is 66.4 Å². The highest BCUT2D eigenvalue weighted by Crippen LogP contribution is 2.29. The zero-order valence-corrected chi connectivity index (χ0v) is 13.3. The number of imidazole rings is 1. The molecular weight excluding hydrogens is 290 g/mol. The van der Waals surface area contributed by atoms with E-state index < -0.39 is 0 Å². The molecule has 4 heteroatoms. The van der Waals surface area contributed by atoms with Gasteiger partial charge >= 0.3 is 0 Å². The normalized spacial score (nSPS) is 11.2. The number of fused-ring (bicyclic) bond motifs is 1. The van der Waals surface area contributed by atoms with Gasteiger partial charge in [0, 0.05) is 5.56 Å². The monoisotopic (exact) mass is 305 g/mol. The molecule has 0 aliphatic carbocycles. The molecule has 0 N–H and O–H groups in total. The average molecular weight is 305 g/mol. The summed E-state index contributed by atoms with van der Waals surface area (Å²) in [6, 6.07) is 15.2. The molecule has 0 fully saturated rings. The van der Waals surface area contributed by atoms with Crippen molar-refractivity contribution in [3.05, 3.63) is 65.3 Å². The Morgan fingerprint density at radius 2 is 1.73 bits per heavy atom. The highest BCUT2D eigenvalue weighted by molar-refractivity contribution is 7.14. The molecule has 2 heterocycles. The highest BCUT2D eigenvalue weighted by atomic mass is 32.1. The Kier molecular flexibility index (Phi) is 3.05. The molecule has 4 rings (SSSR count). The molecule has 0 spiro atoms. The van der Waals surface area contributed by atoms with Crippen molar-refractivity contribution in [2.75, 3.05) is 0 Å². The molecule has 0 atom stereocenters. The molecule has 0 radical (unpaired) electrons. The summed E-state index contributed by atoms with van der Waals surface area (Å²) in [5.41, 5.74) is 9.03. The summed E-state index contributed by atoms with van der Waals surface area (Å²) >= 11 is 1.55. The molecule has 2 aromatic carbocycles. The Morgan fingerprint density at radius 1 is 0.955 bits per heavy atom. The van der Waals surface area contributed by atoms with E-state index in [9.17, 15) is 0 Å². The summed E-state index contributed by atoms with van der Waals surface area (Å²) in [6.45, 7) is 4.25. The van der Waals surface area contributed by atoms with Crippen molar-refractivity contribution in [3.8, 4) is 22.4 Å². The molecule has 0 aliphatic rings. The quantitative estimate of drug-likeness (QED) is 0.535. The predicted octanol–water partition coefficient (Wildman–Crippen LogP) is 4.74. The largest absolute Gasteiger partial charge is 0.225 e. The maximum Gasteiger partial charge on any atom is 0.212 e. The minimum atomic E-state index is 0.928. The van der Waals surface area contributed by atoms with Crippen LogP contribution in [-0.4, -0.2) is 14.6 Å². The molecule has 3 nitrogen and oxygen atoms in total. The molecule has 0 unspecified atom stereocenters. The van der Waals surface area contributed by atoms with Crippen LogP contribution >= 0.6 is 11.3 Å². The number of rotatable bonds is 2. The second kappa shape index (κ2) is 5.07. The van der Waals surface area contributed by atoms with E-state index in [1.54, 1.807) is 11.3 Å². The van der Waals surface area contributed by atoms with Crippen molar-refractivity contribution in [2.24, 2.45) is 0 Å². The van der Waals surface area contributed by atoms with Gasteiger partial charge in [-0.05, 0) is 30.5 Å². The van der Waals surface area contributed by atoms with Gasteiger partial charge in [0.05, 0.1) is 11.9 Å². The van der Waals surface area contributed by atoms with E-state index in [0.29, 0.717) is 0 Å². The maximum atomic E-state index is 4.41. The lowest BCUT2D eigenvalue weighted by atomic mass is 9.98. The van der Waals surface area contributed by atoms with Crippen LogP contribution in [-0.2, 0) is 0 Å². The van der Waals surface area contributed by atoms with Crippen molar-refractivity contribution in [2.45, 2.75) is 13.8 Å². The molecular formula is C18H15N3S. The zero-order valence-electron chi connectivity index (χ0n) is 12.4. The predicted molar refractivity (Wildman–Crippen MR) is 91.2 cm³/mol. The number of aryl methyl sites for hydroxylation is 2. The van der Waals surface area contributed by atoms with E-state index in [-0.39, 0.29) is 0 Å². The van der Waals surface area contributed by atoms with Gasteiger partial charge in [0.15, 0.2) is 0 Å². The van der Waals surface area contributed by atoms with Gasteiger partial charge in [0.2, 0.25) is 4.96 Å². The maximum absolute atomic E-state index is 4.41. The van der Waals surface area contributed by atoms with E-state index in [0.717, 1.165) is 10.7 Å². The second-order valence-corrected chi connectivity index (χ2v) is 6.28. The summed E-state index contributed by atoms with van der Waals surface area (Å²) in [5.74, 6) is 0. The van der Waals surface area contributed by atoms with Gasteiger partial charge in [-0.2, -0.15) is 5.10 Å². The SMILES string of the molecule is Cc1ccc(-c2ccc(-c3cnc4scnn34)c(C)c2)cc1. The third-order valence-electron chi connectivity index (χ3n) is 3.91. The Bertz CT molecular complexity index is 948. The first-order valence-electron chi connectivity index (χ1n) is 7.18. The average Bonchev–Trinajstić information content (AvgIpc) is 3.11. The van der Waals surface area contributed by atoms with Gasteiger partial charge in [-0.25, -0.2) is 9.50 Å². The van der Waals surface area contributed by atoms with E-state index in [1.807, 2.05) is 16.2 Å². The van der Waals surface area contributed by atoms with Crippen molar-refractivity contribution >= 4 is 16.3 Å². The Morgan fingerprint density at radius 3 is 2.50 bits per heavy atom. The smallest absolute Gasteiger partial charge is 0.212 e. The van der Waals surface area contributed by atoms with Crippen LogP contribution in [0.15, 0.2) is 54.2 Å². The summed E-state index contributed by atoms with van der Waals surface area (Å²) in [6.07, 6.45) is 1.90. The zero-order chi connectivity index (χ0) is 15.1. The second-order valence-electron chi connectivity index (χ2n) is 5.47. The summed E-state index contributed by atoms with van der Waals surface area (Å²) < 4.78 is 1.90. The number of hydrogen-bond acceptors (Lipinski definition) is 3. The molecule has 0 amide bonds. The van der Waals surface area contributed by atoms with Crippen LogP contribution in [0, 0.1) is 13.8 Å². The lowest BCUT2D eigenvalue weighted by Crippen LogP contribution is -1.91. The Hall–Kier alpha value is -2.46. The van der Waals surface area contributed by atoms with Crippen LogP contribution in [0.25, 0.3) is 27.3 Å². The minimum absolute atomic E-state index is 0.928. The first kappa shape index (κ1) is 13.2. The third-order valence-corrected chi connectivity index (χ3v) is 4.60. The van der Waals surface area contributed by atoms with Crippen LogP contribution in [0.4, 0.5) is 0 Å². The number of aromatic nitrogens is 3. The lowest BCUT2D eigenvalue weighted by Gasteiger charge is -2.08. The molecule has 2 aromatic heterocycles. The summed E-state index contributed by atoms with van der Waals surface area (Å²) in [7, 11) is 0. The molecule has 0 aliphatic heterocycles. The fourth-order valence-electron chi connectivity index (χ4n) is 2.70. The molecule has 108 valence electrons.